The van der Waals surface area contributed by atoms with Crippen LogP contribution in [0.5, 0.6) is 0 Å². The third-order valence-corrected chi connectivity index (χ3v) is 14.4. The van der Waals surface area contributed by atoms with E-state index in [2.05, 4.69) is 5.32 Å². The first-order chi connectivity index (χ1) is 30.3. The van der Waals surface area contributed by atoms with E-state index in [4.69, 9.17) is 23.7 Å². The van der Waals surface area contributed by atoms with Gasteiger partial charge in [-0.3, -0.25) is 14.4 Å². The number of rotatable bonds is 11. The summed E-state index contributed by atoms with van der Waals surface area (Å²) in [5, 5.41) is 40.9. The van der Waals surface area contributed by atoms with Crippen molar-refractivity contribution in [3.63, 3.8) is 0 Å². The lowest BCUT2D eigenvalue weighted by atomic mass is 9.52. The number of carbonyl (C=O) groups excluding carboxylic acids is 5. The second-order valence-corrected chi connectivity index (χ2v) is 18.4. The number of amides is 1. The second-order valence-electron chi connectivity index (χ2n) is 18.4. The van der Waals surface area contributed by atoms with Crippen LogP contribution in [0.25, 0.3) is 0 Å². The number of aliphatic hydroxyl groups excluding tert-OH is 2. The van der Waals surface area contributed by atoms with E-state index in [9.17, 15) is 34.5 Å². The van der Waals surface area contributed by atoms with E-state index in [1.165, 1.54) is 6.92 Å². The van der Waals surface area contributed by atoms with Crippen LogP contribution in [0.15, 0.2) is 96.1 Å². The molecular formula is C50H59NO13. The summed E-state index contributed by atoms with van der Waals surface area (Å²) in [4.78, 5) is 70.9. The number of benzene rings is 3. The van der Waals surface area contributed by atoms with Gasteiger partial charge in [-0.25, -0.2) is 9.59 Å². The minimum absolute atomic E-state index is 0.0646. The highest BCUT2D eigenvalue weighted by Gasteiger charge is 2.74. The summed E-state index contributed by atoms with van der Waals surface area (Å²) in [6, 6.07) is 22.1. The maximum absolute atomic E-state index is 15.5. The number of aryl methyl sites for hydroxylation is 1. The quantitative estimate of drug-likeness (QED) is 0.110. The standard InChI is InChI=1S/C50H59NO13/c1-8-61-49-27-60-38(49)24-23-37(53)48(7)41(49)43(64-45(57)33-17-13-10-14-18-33)50(59)26-36(29(3)34(47(50,5)6)25-35(42(48)55)62-30(4)52)63-46(58)40(54)39(31-15-11-9-12-16-31)51-44(56)32-21-19-28(2)20-22-32/h9-22,35-41,43,53-54,59H,8,23-27H2,1-7H3,(H,51,56)/t35-,36+,37?,38?,39+,40-,41?,43+,48-,49+,50-/m1/s1. The molecular weight excluding hydrogens is 823 g/mol. The summed E-state index contributed by atoms with van der Waals surface area (Å²) in [5.74, 6) is -5.31. The fraction of sp³-hybridized carbons (Fsp3) is 0.500. The minimum Gasteiger partial charge on any atom is -0.456 e. The molecule has 1 saturated heterocycles. The number of nitrogens with one attached hydrogen (secondary N) is 1. The molecule has 14 heteroatoms. The van der Waals surface area contributed by atoms with Crippen molar-refractivity contribution >= 4 is 29.6 Å². The zero-order valence-corrected chi connectivity index (χ0v) is 37.4. The average molecular weight is 882 g/mol. The van der Waals surface area contributed by atoms with Crippen LogP contribution in [-0.4, -0.2) is 106 Å². The molecule has 4 aliphatic rings. The first-order valence-corrected chi connectivity index (χ1v) is 21.9. The lowest BCUT2D eigenvalue weighted by Crippen LogP contribution is -2.75. The molecule has 0 radical (unpaired) electrons. The van der Waals surface area contributed by atoms with Gasteiger partial charge in [0.15, 0.2) is 18.0 Å². The third kappa shape index (κ3) is 8.08. The molecule has 4 N–H and O–H groups in total. The van der Waals surface area contributed by atoms with Crippen molar-refractivity contribution in [2.75, 3.05) is 13.2 Å². The van der Waals surface area contributed by atoms with Gasteiger partial charge in [0.1, 0.15) is 23.4 Å². The molecule has 14 nitrogen and oxygen atoms in total. The topological polar surface area (TPSA) is 204 Å². The number of esters is 3. The molecule has 2 saturated carbocycles. The van der Waals surface area contributed by atoms with Crippen molar-refractivity contribution in [2.24, 2.45) is 16.7 Å². The van der Waals surface area contributed by atoms with Gasteiger partial charge in [0.05, 0.1) is 35.8 Å². The molecule has 3 aromatic carbocycles. The summed E-state index contributed by atoms with van der Waals surface area (Å²) in [7, 11) is 0. The van der Waals surface area contributed by atoms with E-state index in [1.54, 1.807) is 120 Å². The van der Waals surface area contributed by atoms with Crippen molar-refractivity contribution in [1.29, 1.82) is 0 Å². The van der Waals surface area contributed by atoms with E-state index in [-0.39, 0.29) is 38.0 Å². The van der Waals surface area contributed by atoms with E-state index < -0.39 is 107 Å². The van der Waals surface area contributed by atoms with Crippen LogP contribution in [0.1, 0.15) is 105 Å². The number of carbonyl (C=O) groups is 5. The molecule has 0 spiro atoms. The van der Waals surface area contributed by atoms with Crippen molar-refractivity contribution in [3.05, 3.63) is 118 Å². The predicted molar refractivity (Wildman–Crippen MR) is 232 cm³/mol. The number of ether oxygens (including phenoxy) is 5. The molecule has 7 rings (SSSR count). The Morgan fingerprint density at radius 2 is 1.50 bits per heavy atom. The van der Waals surface area contributed by atoms with Gasteiger partial charge in [0.25, 0.3) is 5.91 Å². The van der Waals surface area contributed by atoms with Gasteiger partial charge in [-0.15, -0.1) is 0 Å². The zero-order chi connectivity index (χ0) is 46.4. The lowest BCUT2D eigenvalue weighted by molar-refractivity contribution is -0.321. The Kier molecular flexibility index (Phi) is 13.1. The van der Waals surface area contributed by atoms with Gasteiger partial charge in [0, 0.05) is 43.3 Å². The number of aliphatic hydroxyl groups is 3. The SMILES string of the molecule is CCO[C@@]12COC1CCC(O)[C@@]1(C)C(=O)[C@H](OC(C)=O)CC3=C(C)[C@@H](OC(=O)[C@H](O)[C@@H](NC(=O)c4ccc(C)cc4)c4ccccc4)C[C@@](O)([C@@H](OC(=O)c4ccccc4)C21)C3(C)C. The Morgan fingerprint density at radius 3 is 2.09 bits per heavy atom. The van der Waals surface area contributed by atoms with Gasteiger partial charge in [-0.05, 0) is 75.9 Å². The third-order valence-electron chi connectivity index (χ3n) is 14.4. The minimum atomic E-state index is -2.23. The monoisotopic (exact) mass is 881 g/mol. The normalized spacial score (nSPS) is 31.8. The molecule has 1 aliphatic heterocycles. The molecule has 3 aromatic rings. The highest BCUT2D eigenvalue weighted by Crippen LogP contribution is 2.62. The molecule has 2 bridgehead atoms. The molecule has 3 aliphatic carbocycles. The Morgan fingerprint density at radius 1 is 0.859 bits per heavy atom. The second kappa shape index (κ2) is 18.0. The van der Waals surface area contributed by atoms with Crippen LogP contribution in [0.4, 0.5) is 0 Å². The summed E-state index contributed by atoms with van der Waals surface area (Å²) in [6.45, 7) is 11.5. The maximum atomic E-state index is 15.5. The number of ketones is 1. The Balaban J connectivity index is 1.38. The smallest absolute Gasteiger partial charge is 0.338 e. The summed E-state index contributed by atoms with van der Waals surface area (Å²) in [5.41, 5.74) is -4.42. The first kappa shape index (κ1) is 46.7. The first-order valence-electron chi connectivity index (χ1n) is 21.9. The van der Waals surface area contributed by atoms with Crippen LogP contribution in [0.3, 0.4) is 0 Å². The number of Topliss-reactive ketones (excluding diaryl/α,β-unsaturated/α-hetero) is 1. The Bertz CT molecular complexity index is 2280. The molecule has 3 fully saturated rings. The fourth-order valence-electron chi connectivity index (χ4n) is 10.7. The van der Waals surface area contributed by atoms with Gasteiger partial charge in [-0.1, -0.05) is 85.6 Å². The van der Waals surface area contributed by atoms with Crippen molar-refractivity contribution in [2.45, 2.75) is 128 Å². The Hall–Kier alpha value is -5.25. The van der Waals surface area contributed by atoms with Gasteiger partial charge in [0.2, 0.25) is 0 Å². The molecule has 0 aromatic heterocycles. The van der Waals surface area contributed by atoms with E-state index in [1.807, 2.05) is 6.92 Å². The fourth-order valence-corrected chi connectivity index (χ4v) is 10.7. The molecule has 342 valence electrons. The van der Waals surface area contributed by atoms with Gasteiger partial charge in [-0.2, -0.15) is 0 Å². The summed E-state index contributed by atoms with van der Waals surface area (Å²) < 4.78 is 31.4. The summed E-state index contributed by atoms with van der Waals surface area (Å²) >= 11 is 0. The van der Waals surface area contributed by atoms with E-state index in [0.29, 0.717) is 22.3 Å². The highest BCUT2D eigenvalue weighted by atomic mass is 16.6. The van der Waals surface area contributed by atoms with E-state index >= 15 is 4.79 Å². The number of hydrogen-bond acceptors (Lipinski definition) is 13. The largest absolute Gasteiger partial charge is 0.456 e. The highest BCUT2D eigenvalue weighted by molar-refractivity contribution is 5.95. The van der Waals surface area contributed by atoms with Crippen LogP contribution in [-0.2, 0) is 38.1 Å². The molecule has 64 heavy (non-hydrogen) atoms. The van der Waals surface area contributed by atoms with Crippen molar-refractivity contribution in [1.82, 2.24) is 5.32 Å². The molecule has 1 amide bonds. The zero-order valence-electron chi connectivity index (χ0n) is 37.4. The molecule has 3 unspecified atom stereocenters. The van der Waals surface area contributed by atoms with E-state index in [0.717, 1.165) is 5.56 Å². The van der Waals surface area contributed by atoms with Crippen LogP contribution < -0.4 is 5.32 Å². The summed E-state index contributed by atoms with van der Waals surface area (Å²) in [6.07, 6.45) is -9.00. The van der Waals surface area contributed by atoms with Gasteiger partial charge < -0.3 is 44.3 Å². The lowest BCUT2D eigenvalue weighted by Gasteiger charge is -2.61. The average Bonchev–Trinajstić information content (AvgIpc) is 3.31. The predicted octanol–water partition coefficient (Wildman–Crippen LogP) is 5.30. The van der Waals surface area contributed by atoms with Crippen molar-refractivity contribution < 1.29 is 63.0 Å². The number of hydrogen-bond donors (Lipinski definition) is 4. The van der Waals surface area contributed by atoms with Gasteiger partial charge >= 0.3 is 17.9 Å². The Labute approximate surface area is 373 Å². The molecule has 11 atom stereocenters. The van der Waals surface area contributed by atoms with Crippen LogP contribution in [0.2, 0.25) is 0 Å². The van der Waals surface area contributed by atoms with Crippen LogP contribution in [0, 0.1) is 23.7 Å². The van der Waals surface area contributed by atoms with Crippen molar-refractivity contribution in [3.8, 4) is 0 Å². The maximum Gasteiger partial charge on any atom is 0.338 e. The molecule has 1 heterocycles. The number of fused-ring (bicyclic) bond motifs is 5. The van der Waals surface area contributed by atoms with Crippen LogP contribution >= 0.6 is 0 Å².